The van der Waals surface area contributed by atoms with Crippen molar-refractivity contribution >= 4 is 0 Å². The van der Waals surface area contributed by atoms with Gasteiger partial charge in [0.05, 0.1) is 0 Å². The first-order valence-corrected chi connectivity index (χ1v) is 7.54. The standard InChI is InChI=1S/C18H20FNO/c19-16-6-8-18(15(11-16)9-10-20)21-17-7-5-13-3-1-2-4-14(13)12-17/h5-8,11-12H,1-4,9-10,20H2. The number of aryl methyl sites for hydroxylation is 2. The minimum Gasteiger partial charge on any atom is -0.457 e. The maximum absolute atomic E-state index is 13.3. The number of halogens is 1. The van der Waals surface area contributed by atoms with E-state index < -0.39 is 0 Å². The molecule has 2 aromatic rings. The van der Waals surface area contributed by atoms with E-state index in [1.165, 1.54) is 36.1 Å². The van der Waals surface area contributed by atoms with Crippen LogP contribution in [0.5, 0.6) is 11.5 Å². The monoisotopic (exact) mass is 285 g/mol. The van der Waals surface area contributed by atoms with E-state index in [0.717, 1.165) is 24.2 Å². The quantitative estimate of drug-likeness (QED) is 0.921. The van der Waals surface area contributed by atoms with Gasteiger partial charge in [0, 0.05) is 0 Å². The van der Waals surface area contributed by atoms with Crippen LogP contribution in [0, 0.1) is 5.82 Å². The van der Waals surface area contributed by atoms with E-state index >= 15 is 0 Å². The third-order valence-electron chi connectivity index (χ3n) is 3.98. The van der Waals surface area contributed by atoms with Gasteiger partial charge in [-0.05, 0) is 85.7 Å². The molecule has 0 radical (unpaired) electrons. The summed E-state index contributed by atoms with van der Waals surface area (Å²) in [5.74, 6) is 1.26. The highest BCUT2D eigenvalue weighted by atomic mass is 19.1. The van der Waals surface area contributed by atoms with Gasteiger partial charge in [0.15, 0.2) is 0 Å². The summed E-state index contributed by atoms with van der Waals surface area (Å²) in [5, 5.41) is 0. The Labute approximate surface area is 124 Å². The van der Waals surface area contributed by atoms with Crippen LogP contribution in [0.1, 0.15) is 29.5 Å². The van der Waals surface area contributed by atoms with Crippen LogP contribution < -0.4 is 10.5 Å². The molecule has 0 saturated carbocycles. The van der Waals surface area contributed by atoms with Gasteiger partial charge in [-0.25, -0.2) is 4.39 Å². The van der Waals surface area contributed by atoms with Crippen molar-refractivity contribution in [1.29, 1.82) is 0 Å². The Morgan fingerprint density at radius 1 is 1.00 bits per heavy atom. The Morgan fingerprint density at radius 3 is 2.62 bits per heavy atom. The maximum Gasteiger partial charge on any atom is 0.130 e. The summed E-state index contributed by atoms with van der Waals surface area (Å²) < 4.78 is 19.3. The molecule has 110 valence electrons. The number of ether oxygens (including phenoxy) is 1. The van der Waals surface area contributed by atoms with E-state index in [-0.39, 0.29) is 5.82 Å². The van der Waals surface area contributed by atoms with E-state index in [1.807, 2.05) is 6.07 Å². The first kappa shape index (κ1) is 14.1. The topological polar surface area (TPSA) is 35.2 Å². The number of hydrogen-bond acceptors (Lipinski definition) is 2. The van der Waals surface area contributed by atoms with Crippen LogP contribution in [-0.4, -0.2) is 6.54 Å². The van der Waals surface area contributed by atoms with Gasteiger partial charge in [-0.2, -0.15) is 0 Å². The maximum atomic E-state index is 13.3. The predicted molar refractivity (Wildman–Crippen MR) is 82.3 cm³/mol. The van der Waals surface area contributed by atoms with E-state index in [1.54, 1.807) is 6.07 Å². The molecule has 0 bridgehead atoms. The molecule has 1 aliphatic rings. The highest BCUT2D eigenvalue weighted by molar-refractivity contribution is 5.42. The smallest absolute Gasteiger partial charge is 0.130 e. The Bertz CT molecular complexity index is 639. The molecule has 0 aliphatic heterocycles. The minimum absolute atomic E-state index is 0.253. The molecular weight excluding hydrogens is 265 g/mol. The summed E-state index contributed by atoms with van der Waals surface area (Å²) >= 11 is 0. The van der Waals surface area contributed by atoms with Gasteiger partial charge in [-0.15, -0.1) is 0 Å². The molecule has 0 spiro atoms. The molecule has 3 rings (SSSR count). The van der Waals surface area contributed by atoms with Gasteiger partial charge in [0.2, 0.25) is 0 Å². The van der Waals surface area contributed by atoms with Crippen molar-refractivity contribution < 1.29 is 9.13 Å². The van der Waals surface area contributed by atoms with Crippen LogP contribution in [0.2, 0.25) is 0 Å². The first-order valence-electron chi connectivity index (χ1n) is 7.54. The molecule has 0 unspecified atom stereocenters. The lowest BCUT2D eigenvalue weighted by Crippen LogP contribution is -2.05. The Hall–Kier alpha value is -1.87. The van der Waals surface area contributed by atoms with E-state index in [9.17, 15) is 4.39 Å². The van der Waals surface area contributed by atoms with Gasteiger partial charge in [-0.3, -0.25) is 0 Å². The molecule has 2 N–H and O–H groups in total. The van der Waals surface area contributed by atoms with Gasteiger partial charge in [0.1, 0.15) is 17.3 Å². The van der Waals surface area contributed by atoms with Crippen molar-refractivity contribution in [3.05, 3.63) is 58.9 Å². The number of nitrogens with two attached hydrogens (primary N) is 1. The molecule has 0 aromatic heterocycles. The average molecular weight is 285 g/mol. The lowest BCUT2D eigenvalue weighted by atomic mass is 9.92. The summed E-state index contributed by atoms with van der Waals surface area (Å²) in [6, 6.07) is 10.9. The summed E-state index contributed by atoms with van der Waals surface area (Å²) in [4.78, 5) is 0. The number of hydrogen-bond donors (Lipinski definition) is 1. The van der Waals surface area contributed by atoms with Crippen molar-refractivity contribution in [2.45, 2.75) is 32.1 Å². The normalized spacial score (nSPS) is 13.8. The second-order valence-corrected chi connectivity index (χ2v) is 5.53. The summed E-state index contributed by atoms with van der Waals surface area (Å²) in [5.41, 5.74) is 9.20. The largest absolute Gasteiger partial charge is 0.457 e. The number of rotatable bonds is 4. The van der Waals surface area contributed by atoms with Crippen molar-refractivity contribution in [3.8, 4) is 11.5 Å². The molecule has 0 fully saturated rings. The van der Waals surface area contributed by atoms with Crippen molar-refractivity contribution in [2.24, 2.45) is 5.73 Å². The second kappa shape index (κ2) is 6.27. The van der Waals surface area contributed by atoms with Gasteiger partial charge < -0.3 is 10.5 Å². The molecule has 0 atom stereocenters. The molecule has 2 aromatic carbocycles. The summed E-state index contributed by atoms with van der Waals surface area (Å²) in [6.07, 6.45) is 5.39. The van der Waals surface area contributed by atoms with E-state index in [2.05, 4.69) is 12.1 Å². The highest BCUT2D eigenvalue weighted by Crippen LogP contribution is 2.30. The van der Waals surface area contributed by atoms with Crippen LogP contribution in [-0.2, 0) is 19.3 Å². The van der Waals surface area contributed by atoms with Crippen LogP contribution >= 0.6 is 0 Å². The zero-order valence-corrected chi connectivity index (χ0v) is 12.1. The third kappa shape index (κ3) is 3.24. The van der Waals surface area contributed by atoms with Crippen LogP contribution in [0.25, 0.3) is 0 Å². The first-order chi connectivity index (χ1) is 10.3. The fraction of sp³-hybridized carbons (Fsp3) is 0.333. The third-order valence-corrected chi connectivity index (χ3v) is 3.98. The lowest BCUT2D eigenvalue weighted by Gasteiger charge is -2.17. The van der Waals surface area contributed by atoms with E-state index in [0.29, 0.717) is 18.7 Å². The molecular formula is C18H20FNO. The lowest BCUT2D eigenvalue weighted by molar-refractivity contribution is 0.472. The average Bonchev–Trinajstić information content (AvgIpc) is 2.50. The van der Waals surface area contributed by atoms with E-state index in [4.69, 9.17) is 10.5 Å². The van der Waals surface area contributed by atoms with Crippen LogP contribution in [0.15, 0.2) is 36.4 Å². The molecule has 2 nitrogen and oxygen atoms in total. The number of fused-ring (bicyclic) bond motifs is 1. The second-order valence-electron chi connectivity index (χ2n) is 5.53. The highest BCUT2D eigenvalue weighted by Gasteiger charge is 2.11. The Balaban J connectivity index is 1.86. The molecule has 0 saturated heterocycles. The van der Waals surface area contributed by atoms with Crippen LogP contribution in [0.3, 0.4) is 0 Å². The van der Waals surface area contributed by atoms with Gasteiger partial charge in [0.25, 0.3) is 0 Å². The zero-order valence-electron chi connectivity index (χ0n) is 12.1. The molecule has 3 heteroatoms. The fourth-order valence-electron chi connectivity index (χ4n) is 2.90. The van der Waals surface area contributed by atoms with Crippen LogP contribution in [0.4, 0.5) is 4.39 Å². The van der Waals surface area contributed by atoms with Crippen molar-refractivity contribution in [1.82, 2.24) is 0 Å². The van der Waals surface area contributed by atoms with Crippen molar-refractivity contribution in [3.63, 3.8) is 0 Å². The molecule has 0 heterocycles. The van der Waals surface area contributed by atoms with Gasteiger partial charge >= 0.3 is 0 Å². The fourth-order valence-corrected chi connectivity index (χ4v) is 2.90. The SMILES string of the molecule is NCCc1cc(F)ccc1Oc1ccc2c(c1)CCCC2. The Morgan fingerprint density at radius 2 is 1.81 bits per heavy atom. The summed E-state index contributed by atoms with van der Waals surface area (Å²) in [6.45, 7) is 0.476. The summed E-state index contributed by atoms with van der Waals surface area (Å²) in [7, 11) is 0. The minimum atomic E-state index is -0.253. The Kier molecular flexibility index (Phi) is 4.20. The predicted octanol–water partition coefficient (Wildman–Crippen LogP) is 4.00. The molecule has 1 aliphatic carbocycles. The van der Waals surface area contributed by atoms with Crippen molar-refractivity contribution in [2.75, 3.05) is 6.54 Å². The molecule has 21 heavy (non-hydrogen) atoms. The zero-order chi connectivity index (χ0) is 14.7. The number of benzene rings is 2. The molecule has 0 amide bonds. The van der Waals surface area contributed by atoms with Gasteiger partial charge in [-0.1, -0.05) is 6.07 Å².